The van der Waals surface area contributed by atoms with Crippen LogP contribution in [0.1, 0.15) is 24.5 Å². The Labute approximate surface area is 115 Å². The van der Waals surface area contributed by atoms with E-state index in [1.54, 1.807) is 31.2 Å². The molecule has 0 aliphatic heterocycles. The number of benzene rings is 1. The van der Waals surface area contributed by atoms with Crippen molar-refractivity contribution in [1.82, 2.24) is 4.90 Å². The number of hydrogen-bond donors (Lipinski definition) is 0. The lowest BCUT2D eigenvalue weighted by Gasteiger charge is -2.26. The smallest absolute Gasteiger partial charge is 0.333 e. The molecular weight excluding hydrogens is 274 g/mol. The van der Waals surface area contributed by atoms with Gasteiger partial charge in [-0.1, -0.05) is 36.8 Å². The van der Waals surface area contributed by atoms with Gasteiger partial charge in [0, 0.05) is 13.1 Å². The summed E-state index contributed by atoms with van der Waals surface area (Å²) in [7, 11) is 0. The minimum absolute atomic E-state index is 0.00895. The first-order chi connectivity index (χ1) is 9.28. The highest BCUT2D eigenvalue weighted by molar-refractivity contribution is 5.84. The molecule has 1 amide bonds. The molecule has 0 bridgehead atoms. The lowest BCUT2D eigenvalue weighted by atomic mass is 10.1. The van der Waals surface area contributed by atoms with Crippen molar-refractivity contribution in [3.05, 3.63) is 35.4 Å². The molecule has 1 aromatic rings. The molecule has 1 aromatic carbocycles. The van der Waals surface area contributed by atoms with Crippen molar-refractivity contribution in [3.8, 4) is 0 Å². The number of nitrogens with zero attached hydrogens (tertiary/aromatic N) is 1. The summed E-state index contributed by atoms with van der Waals surface area (Å²) in [5.41, 5.74) is 1.61. The predicted molar refractivity (Wildman–Crippen MR) is 67.8 cm³/mol. The third kappa shape index (κ3) is 3.95. The quantitative estimate of drug-likeness (QED) is 0.733. The zero-order chi connectivity index (χ0) is 15.3. The summed E-state index contributed by atoms with van der Waals surface area (Å²) in [6, 6.07) is 6.92. The van der Waals surface area contributed by atoms with Crippen molar-refractivity contribution in [2.24, 2.45) is 0 Å². The van der Waals surface area contributed by atoms with Crippen LogP contribution in [0.15, 0.2) is 24.3 Å². The molecule has 20 heavy (non-hydrogen) atoms. The monoisotopic (exact) mass is 291 g/mol. The number of carbonyl (C=O) groups is 1. The summed E-state index contributed by atoms with van der Waals surface area (Å²) in [5, 5.41) is 0. The van der Waals surface area contributed by atoms with E-state index in [2.05, 4.69) is 0 Å². The summed E-state index contributed by atoms with van der Waals surface area (Å²) in [6.45, 7) is 3.46. The summed E-state index contributed by atoms with van der Waals surface area (Å²) < 4.78 is 50.8. The Hall–Kier alpha value is -1.59. The highest BCUT2D eigenvalue weighted by Gasteiger charge is 2.50. The van der Waals surface area contributed by atoms with Crippen molar-refractivity contribution >= 4 is 5.91 Å². The van der Waals surface area contributed by atoms with E-state index in [0.717, 1.165) is 10.5 Å². The van der Waals surface area contributed by atoms with Crippen LogP contribution in [0.2, 0.25) is 0 Å². The third-order valence-corrected chi connectivity index (χ3v) is 2.83. The van der Waals surface area contributed by atoms with Crippen LogP contribution in [0.5, 0.6) is 0 Å². The lowest BCUT2D eigenvalue weighted by molar-refractivity contribution is -0.181. The maximum absolute atomic E-state index is 13.1. The van der Waals surface area contributed by atoms with Gasteiger partial charge in [0.05, 0.1) is 0 Å². The molecule has 0 saturated heterocycles. The second-order valence-electron chi connectivity index (χ2n) is 4.64. The van der Waals surface area contributed by atoms with Gasteiger partial charge in [0.2, 0.25) is 0 Å². The summed E-state index contributed by atoms with van der Waals surface area (Å²) in [5.74, 6) is -6.46. The van der Waals surface area contributed by atoms with Gasteiger partial charge in [-0.15, -0.1) is 0 Å². The molecule has 0 aromatic heterocycles. The molecule has 0 radical (unpaired) electrons. The number of hydrogen-bond acceptors (Lipinski definition) is 1. The lowest BCUT2D eigenvalue weighted by Crippen LogP contribution is -2.47. The minimum Gasteiger partial charge on any atom is -0.333 e. The van der Waals surface area contributed by atoms with Gasteiger partial charge in [0.15, 0.2) is 0 Å². The maximum Gasteiger partial charge on any atom is 0.383 e. The maximum atomic E-state index is 13.1. The van der Waals surface area contributed by atoms with Gasteiger partial charge < -0.3 is 4.90 Å². The van der Waals surface area contributed by atoms with Crippen molar-refractivity contribution < 1.29 is 22.4 Å². The number of aryl methyl sites for hydroxylation is 1. The van der Waals surface area contributed by atoms with Gasteiger partial charge in [0.25, 0.3) is 5.91 Å². The number of carbonyl (C=O) groups excluding carboxylic acids is 1. The average Bonchev–Trinajstić information content (AvgIpc) is 2.39. The highest BCUT2D eigenvalue weighted by Crippen LogP contribution is 2.26. The predicted octanol–water partition coefficient (Wildman–Crippen LogP) is 3.63. The van der Waals surface area contributed by atoms with Crippen molar-refractivity contribution in [2.45, 2.75) is 39.2 Å². The third-order valence-electron chi connectivity index (χ3n) is 2.83. The van der Waals surface area contributed by atoms with Crippen LogP contribution >= 0.6 is 0 Å². The van der Waals surface area contributed by atoms with Crippen molar-refractivity contribution in [3.63, 3.8) is 0 Å². The zero-order valence-corrected chi connectivity index (χ0v) is 11.4. The molecular formula is C14H17F4NO. The van der Waals surface area contributed by atoms with Gasteiger partial charge in [-0.2, -0.15) is 8.78 Å². The Morgan fingerprint density at radius 1 is 1.25 bits per heavy atom. The fourth-order valence-corrected chi connectivity index (χ4v) is 1.74. The molecule has 2 nitrogen and oxygen atoms in total. The summed E-state index contributed by atoms with van der Waals surface area (Å²) in [6.07, 6.45) is -3.58. The van der Waals surface area contributed by atoms with Gasteiger partial charge in [-0.25, -0.2) is 8.78 Å². The number of amides is 1. The number of rotatable bonds is 6. The van der Waals surface area contributed by atoms with Crippen LogP contribution < -0.4 is 0 Å². The molecule has 0 N–H and O–H groups in total. The Morgan fingerprint density at radius 2 is 1.80 bits per heavy atom. The molecule has 0 heterocycles. The number of alkyl halides is 4. The van der Waals surface area contributed by atoms with Gasteiger partial charge in [-0.05, 0) is 18.9 Å². The first kappa shape index (κ1) is 16.5. The first-order valence-corrected chi connectivity index (χ1v) is 6.30. The first-order valence-electron chi connectivity index (χ1n) is 6.30. The Bertz CT molecular complexity index is 445. The van der Waals surface area contributed by atoms with Gasteiger partial charge in [0.1, 0.15) is 0 Å². The van der Waals surface area contributed by atoms with E-state index >= 15 is 0 Å². The van der Waals surface area contributed by atoms with E-state index in [0.29, 0.717) is 12.0 Å². The van der Waals surface area contributed by atoms with E-state index < -0.39 is 18.3 Å². The standard InChI is InChI=1S/C14H17F4NO/c1-3-8-19(13(20)14(17,18)12(15)16)9-11-6-4-10(2)5-7-11/h4-7,12H,3,8-9H2,1-2H3. The molecule has 0 spiro atoms. The SMILES string of the molecule is CCCN(Cc1ccc(C)cc1)C(=O)C(F)(F)C(F)F. The second-order valence-corrected chi connectivity index (χ2v) is 4.64. The van der Waals surface area contributed by atoms with Crippen LogP contribution in [0.3, 0.4) is 0 Å². The largest absolute Gasteiger partial charge is 0.383 e. The molecule has 0 aliphatic carbocycles. The molecule has 0 aliphatic rings. The Morgan fingerprint density at radius 3 is 2.25 bits per heavy atom. The van der Waals surface area contributed by atoms with E-state index in [1.807, 2.05) is 6.92 Å². The zero-order valence-electron chi connectivity index (χ0n) is 11.4. The highest BCUT2D eigenvalue weighted by atomic mass is 19.3. The Balaban J connectivity index is 2.88. The molecule has 0 unspecified atom stereocenters. The Kier molecular flexibility index (Phi) is 5.53. The van der Waals surface area contributed by atoms with Crippen LogP contribution in [-0.2, 0) is 11.3 Å². The topological polar surface area (TPSA) is 20.3 Å². The normalized spacial score (nSPS) is 11.8. The average molecular weight is 291 g/mol. The number of halogens is 4. The van der Waals surface area contributed by atoms with Gasteiger partial charge in [-0.3, -0.25) is 4.79 Å². The van der Waals surface area contributed by atoms with Crippen molar-refractivity contribution in [1.29, 1.82) is 0 Å². The van der Waals surface area contributed by atoms with Crippen molar-refractivity contribution in [2.75, 3.05) is 6.54 Å². The molecule has 1 rings (SSSR count). The van der Waals surface area contributed by atoms with Crippen LogP contribution in [0.25, 0.3) is 0 Å². The van der Waals surface area contributed by atoms with E-state index in [-0.39, 0.29) is 13.1 Å². The van der Waals surface area contributed by atoms with E-state index in [1.165, 1.54) is 0 Å². The molecule has 0 saturated carbocycles. The van der Waals surface area contributed by atoms with E-state index in [9.17, 15) is 22.4 Å². The second kappa shape index (κ2) is 6.72. The van der Waals surface area contributed by atoms with Crippen LogP contribution in [-0.4, -0.2) is 29.7 Å². The fraction of sp³-hybridized carbons (Fsp3) is 0.500. The fourth-order valence-electron chi connectivity index (χ4n) is 1.74. The van der Waals surface area contributed by atoms with Crippen LogP contribution in [0, 0.1) is 6.92 Å². The molecule has 0 fully saturated rings. The summed E-state index contributed by atoms with van der Waals surface area (Å²) in [4.78, 5) is 12.3. The molecule has 0 atom stereocenters. The van der Waals surface area contributed by atoms with Gasteiger partial charge >= 0.3 is 12.3 Å². The minimum atomic E-state index is -4.64. The van der Waals surface area contributed by atoms with Crippen LogP contribution in [0.4, 0.5) is 17.6 Å². The molecule has 6 heteroatoms. The molecule has 112 valence electrons. The summed E-state index contributed by atoms with van der Waals surface area (Å²) >= 11 is 0. The van der Waals surface area contributed by atoms with E-state index in [4.69, 9.17) is 0 Å².